The first-order valence-electron chi connectivity index (χ1n) is 3.47. The van der Waals surface area contributed by atoms with Gasteiger partial charge in [-0.2, -0.15) is 0 Å². The summed E-state index contributed by atoms with van der Waals surface area (Å²) in [6.45, 7) is 8.90. The Bertz CT molecular complexity index is 147. The molecule has 1 fully saturated rings. The van der Waals surface area contributed by atoms with Gasteiger partial charge in [-0.05, 0) is 6.82 Å². The van der Waals surface area contributed by atoms with E-state index >= 15 is 0 Å². The van der Waals surface area contributed by atoms with Gasteiger partial charge in [-0.15, -0.1) is 13.2 Å². The summed E-state index contributed by atoms with van der Waals surface area (Å²) < 4.78 is 15.5. The Morgan fingerprint density at radius 1 is 1.00 bits per heavy atom. The summed E-state index contributed by atoms with van der Waals surface area (Å²) in [5.74, 6) is 3.16. The number of hydrogen-bond acceptors (Lipinski definition) is 3. The first-order chi connectivity index (χ1) is 5.26. The lowest BCUT2D eigenvalue weighted by Gasteiger charge is -2.25. The van der Waals surface area contributed by atoms with Gasteiger partial charge in [0.25, 0.3) is 0 Å². The second kappa shape index (κ2) is 3.81. The molecule has 0 radical (unpaired) electrons. The third-order valence-corrected chi connectivity index (χ3v) is 1.30. The fourth-order valence-electron chi connectivity index (χ4n) is 0.828. The Morgan fingerprint density at radius 3 is 1.82 bits per heavy atom. The van der Waals surface area contributed by atoms with Crippen molar-refractivity contribution in [1.29, 1.82) is 0 Å². The average Bonchev–Trinajstić information content (AvgIpc) is 2.03. The van der Waals surface area contributed by atoms with Gasteiger partial charge in [-0.1, -0.05) is 12.0 Å². The molecular formula is C5H9B3O3. The third kappa shape index (κ3) is 2.25. The Labute approximate surface area is 67.8 Å². The van der Waals surface area contributed by atoms with Crippen molar-refractivity contribution in [3.05, 3.63) is 25.1 Å². The highest BCUT2D eigenvalue weighted by Gasteiger charge is 2.34. The quantitative estimate of drug-likeness (QED) is 0.538. The predicted molar refractivity (Wildman–Crippen MR) is 46.8 cm³/mol. The Kier molecular flexibility index (Phi) is 2.99. The van der Waals surface area contributed by atoms with Gasteiger partial charge in [-0.3, -0.25) is 0 Å². The molecule has 56 valence electrons. The normalized spacial score (nSPS) is 18.5. The van der Waals surface area contributed by atoms with Crippen LogP contribution in [0.1, 0.15) is 0 Å². The highest BCUT2D eigenvalue weighted by molar-refractivity contribution is 6.76. The van der Waals surface area contributed by atoms with E-state index in [-0.39, 0.29) is 21.4 Å². The van der Waals surface area contributed by atoms with E-state index in [1.165, 1.54) is 0 Å². The molecule has 1 aliphatic heterocycles. The minimum absolute atomic E-state index is 0.269. The molecule has 0 aromatic carbocycles. The second-order valence-electron chi connectivity index (χ2n) is 2.18. The maximum absolute atomic E-state index is 5.17. The Balaban J connectivity index is 2.49. The first-order valence-corrected chi connectivity index (χ1v) is 3.47. The molecule has 1 saturated heterocycles. The molecule has 0 aromatic rings. The number of rotatable bonds is 2. The zero-order chi connectivity index (χ0) is 8.27. The maximum atomic E-state index is 5.17. The third-order valence-electron chi connectivity index (χ3n) is 1.30. The highest BCUT2D eigenvalue weighted by Crippen LogP contribution is 2.08. The fraction of sp³-hybridized carbons (Fsp3) is 0.200. The SMILES string of the molecule is C=CB1OB(C)OB(C=C)O1. The molecule has 11 heavy (non-hydrogen) atoms. The smallest absolute Gasteiger partial charge is 0.449 e. The lowest BCUT2D eigenvalue weighted by molar-refractivity contribution is 0.302. The van der Waals surface area contributed by atoms with Crippen LogP contribution in [0.4, 0.5) is 0 Å². The molecule has 0 amide bonds. The van der Waals surface area contributed by atoms with Crippen LogP contribution >= 0.6 is 0 Å². The Morgan fingerprint density at radius 2 is 1.45 bits per heavy atom. The number of hydrogen-bond donors (Lipinski definition) is 0. The monoisotopic (exact) mass is 150 g/mol. The van der Waals surface area contributed by atoms with Gasteiger partial charge in [0.1, 0.15) is 0 Å². The van der Waals surface area contributed by atoms with E-state index in [0.29, 0.717) is 0 Å². The van der Waals surface area contributed by atoms with Crippen LogP contribution < -0.4 is 0 Å². The van der Waals surface area contributed by atoms with Crippen LogP contribution in [0.25, 0.3) is 0 Å². The summed E-state index contributed by atoms with van der Waals surface area (Å²) in [7, 11) is -1.04. The molecule has 1 aliphatic rings. The molecule has 0 atom stereocenters. The van der Waals surface area contributed by atoms with Gasteiger partial charge in [0, 0.05) is 0 Å². The molecule has 0 unspecified atom stereocenters. The van der Waals surface area contributed by atoms with Gasteiger partial charge < -0.3 is 13.7 Å². The van der Waals surface area contributed by atoms with Gasteiger partial charge in [0.2, 0.25) is 0 Å². The summed E-state index contributed by atoms with van der Waals surface area (Å²) >= 11 is 0. The molecular weight excluding hydrogens is 140 g/mol. The van der Waals surface area contributed by atoms with E-state index < -0.39 is 0 Å². The average molecular weight is 150 g/mol. The molecule has 0 saturated carbocycles. The highest BCUT2D eigenvalue weighted by atomic mass is 16.7. The molecule has 0 bridgehead atoms. The first kappa shape index (κ1) is 8.65. The van der Waals surface area contributed by atoms with Crippen molar-refractivity contribution in [1.82, 2.24) is 0 Å². The van der Waals surface area contributed by atoms with Crippen LogP contribution in [0, 0.1) is 0 Å². The van der Waals surface area contributed by atoms with Crippen LogP contribution in [0.2, 0.25) is 6.82 Å². The molecule has 1 heterocycles. The van der Waals surface area contributed by atoms with Gasteiger partial charge in [0.05, 0.1) is 0 Å². The predicted octanol–water partition coefficient (Wildman–Crippen LogP) is 0.595. The van der Waals surface area contributed by atoms with Crippen molar-refractivity contribution in [2.24, 2.45) is 0 Å². The molecule has 0 spiro atoms. The van der Waals surface area contributed by atoms with E-state index in [0.717, 1.165) is 0 Å². The van der Waals surface area contributed by atoms with Crippen molar-refractivity contribution >= 4 is 21.4 Å². The van der Waals surface area contributed by atoms with Gasteiger partial charge in [-0.25, -0.2) is 0 Å². The van der Waals surface area contributed by atoms with E-state index in [4.69, 9.17) is 13.7 Å². The maximum Gasteiger partial charge on any atom is 0.458 e. The molecule has 0 aromatic heterocycles. The summed E-state index contributed by atoms with van der Waals surface area (Å²) in [4.78, 5) is 0. The van der Waals surface area contributed by atoms with Crippen molar-refractivity contribution in [2.45, 2.75) is 6.82 Å². The lowest BCUT2D eigenvalue weighted by atomic mass is 9.71. The molecule has 3 nitrogen and oxygen atoms in total. The molecule has 1 rings (SSSR count). The summed E-state index contributed by atoms with van der Waals surface area (Å²) in [5.41, 5.74) is 0. The van der Waals surface area contributed by atoms with E-state index in [9.17, 15) is 0 Å². The van der Waals surface area contributed by atoms with Crippen molar-refractivity contribution in [3.8, 4) is 0 Å². The topological polar surface area (TPSA) is 27.7 Å². The van der Waals surface area contributed by atoms with E-state index in [1.54, 1.807) is 18.8 Å². The molecule has 0 aliphatic carbocycles. The summed E-state index contributed by atoms with van der Waals surface area (Å²) in [6, 6.07) is 0. The molecule has 6 heteroatoms. The summed E-state index contributed by atoms with van der Waals surface area (Å²) in [5, 5.41) is 0. The zero-order valence-corrected chi connectivity index (χ0v) is 6.53. The summed E-state index contributed by atoms with van der Waals surface area (Å²) in [6.07, 6.45) is 0. The fourth-order valence-corrected chi connectivity index (χ4v) is 0.828. The van der Waals surface area contributed by atoms with Gasteiger partial charge >= 0.3 is 21.4 Å². The van der Waals surface area contributed by atoms with E-state index in [1.807, 2.05) is 0 Å². The van der Waals surface area contributed by atoms with Gasteiger partial charge in [0.15, 0.2) is 0 Å². The van der Waals surface area contributed by atoms with Crippen molar-refractivity contribution < 1.29 is 13.7 Å². The van der Waals surface area contributed by atoms with E-state index in [2.05, 4.69) is 13.2 Å². The largest absolute Gasteiger partial charge is 0.458 e. The lowest BCUT2D eigenvalue weighted by Crippen LogP contribution is -2.46. The van der Waals surface area contributed by atoms with Crippen LogP contribution in [-0.2, 0) is 13.7 Å². The second-order valence-corrected chi connectivity index (χ2v) is 2.18. The standard InChI is InChI=1S/C5H9B3O3/c1-4-7-9-6(3)10-8(5-2)11-7/h4-5H,1-2H2,3H3. The van der Waals surface area contributed by atoms with Crippen LogP contribution in [0.15, 0.2) is 25.1 Å². The minimum Gasteiger partial charge on any atom is -0.449 e. The minimum atomic E-state index is -0.387. The zero-order valence-electron chi connectivity index (χ0n) is 6.53. The molecule has 0 N–H and O–H groups in total. The van der Waals surface area contributed by atoms with Crippen LogP contribution in [0.5, 0.6) is 0 Å². The van der Waals surface area contributed by atoms with Crippen LogP contribution in [0.3, 0.4) is 0 Å². The van der Waals surface area contributed by atoms with Crippen molar-refractivity contribution in [3.63, 3.8) is 0 Å². The van der Waals surface area contributed by atoms with Crippen molar-refractivity contribution in [2.75, 3.05) is 0 Å². The van der Waals surface area contributed by atoms with Crippen LogP contribution in [-0.4, -0.2) is 21.4 Å². The Hall–Kier alpha value is -0.445.